The summed E-state index contributed by atoms with van der Waals surface area (Å²) in [7, 11) is 0. The molecule has 1 N–H and O–H groups in total. The molecule has 0 aliphatic carbocycles. The van der Waals surface area contributed by atoms with Crippen LogP contribution in [0, 0.1) is 6.92 Å². The molecule has 1 aromatic carbocycles. The summed E-state index contributed by atoms with van der Waals surface area (Å²) in [6.07, 6.45) is 6.43. The van der Waals surface area contributed by atoms with Crippen LogP contribution in [-0.2, 0) is 17.8 Å². The minimum atomic E-state index is 0.0359. The third-order valence-electron chi connectivity index (χ3n) is 4.97. The SMILES string of the molecule is CCc1nccn1CC(=O)N1CCC[C@H]1c1nc2ccc(C)cc2[nH]1. The van der Waals surface area contributed by atoms with Crippen LogP contribution in [0.2, 0.25) is 0 Å². The molecule has 6 heteroatoms. The fourth-order valence-electron chi connectivity index (χ4n) is 3.69. The van der Waals surface area contributed by atoms with Crippen molar-refractivity contribution in [2.24, 2.45) is 0 Å². The Morgan fingerprint density at radius 1 is 1.40 bits per heavy atom. The lowest BCUT2D eigenvalue weighted by Crippen LogP contribution is -2.34. The van der Waals surface area contributed by atoms with Gasteiger partial charge in [0.15, 0.2) is 0 Å². The third kappa shape index (κ3) is 2.92. The number of carbonyl (C=O) groups excluding carboxylic acids is 1. The van der Waals surface area contributed by atoms with Crippen LogP contribution in [0.5, 0.6) is 0 Å². The van der Waals surface area contributed by atoms with Crippen LogP contribution in [0.4, 0.5) is 0 Å². The number of H-pyrrole nitrogens is 1. The number of nitrogens with one attached hydrogen (secondary N) is 1. The molecule has 0 bridgehead atoms. The van der Waals surface area contributed by atoms with Crippen molar-refractivity contribution < 1.29 is 4.79 Å². The third-order valence-corrected chi connectivity index (χ3v) is 4.97. The van der Waals surface area contributed by atoms with Gasteiger partial charge in [0.2, 0.25) is 5.91 Å². The highest BCUT2D eigenvalue weighted by Gasteiger charge is 2.32. The van der Waals surface area contributed by atoms with Crippen molar-refractivity contribution in [3.05, 3.63) is 47.8 Å². The molecule has 1 amide bonds. The van der Waals surface area contributed by atoms with Gasteiger partial charge in [-0.1, -0.05) is 13.0 Å². The van der Waals surface area contributed by atoms with Gasteiger partial charge in [0, 0.05) is 25.4 Å². The fraction of sp³-hybridized carbons (Fsp3) is 0.421. The Balaban J connectivity index is 1.57. The average Bonchev–Trinajstić information content (AvgIpc) is 3.32. The molecule has 0 unspecified atom stereocenters. The zero-order chi connectivity index (χ0) is 17.4. The largest absolute Gasteiger partial charge is 0.340 e. The van der Waals surface area contributed by atoms with Crippen LogP contribution < -0.4 is 0 Å². The Morgan fingerprint density at radius 2 is 2.28 bits per heavy atom. The molecule has 130 valence electrons. The minimum Gasteiger partial charge on any atom is -0.340 e. The van der Waals surface area contributed by atoms with Gasteiger partial charge >= 0.3 is 0 Å². The Hall–Kier alpha value is -2.63. The quantitative estimate of drug-likeness (QED) is 0.796. The number of likely N-dealkylation sites (tertiary alicyclic amines) is 1. The lowest BCUT2D eigenvalue weighted by atomic mass is 10.2. The van der Waals surface area contributed by atoms with Gasteiger partial charge in [-0.2, -0.15) is 0 Å². The van der Waals surface area contributed by atoms with Crippen LogP contribution in [0.25, 0.3) is 11.0 Å². The maximum absolute atomic E-state index is 12.9. The Morgan fingerprint density at radius 3 is 3.12 bits per heavy atom. The minimum absolute atomic E-state index is 0.0359. The first kappa shape index (κ1) is 15.9. The Kier molecular flexibility index (Phi) is 4.03. The number of nitrogens with zero attached hydrogens (tertiary/aromatic N) is 4. The molecule has 3 aromatic rings. The van der Waals surface area contributed by atoms with E-state index in [4.69, 9.17) is 4.98 Å². The monoisotopic (exact) mass is 337 g/mol. The standard InChI is InChI=1S/C19H23N5O/c1-3-17-20-8-10-23(17)12-18(25)24-9-4-5-16(24)19-21-14-7-6-13(2)11-15(14)22-19/h6-8,10-11,16H,3-5,9,12H2,1-2H3,(H,21,22)/t16-/m0/s1. The number of hydrogen-bond acceptors (Lipinski definition) is 3. The lowest BCUT2D eigenvalue weighted by Gasteiger charge is -2.23. The molecule has 0 spiro atoms. The highest BCUT2D eigenvalue weighted by Crippen LogP contribution is 2.31. The molecule has 3 heterocycles. The van der Waals surface area contributed by atoms with Gasteiger partial charge in [-0.25, -0.2) is 9.97 Å². The Labute approximate surface area is 146 Å². The van der Waals surface area contributed by atoms with Crippen molar-refractivity contribution in [2.75, 3.05) is 6.54 Å². The number of fused-ring (bicyclic) bond motifs is 1. The topological polar surface area (TPSA) is 66.8 Å². The summed E-state index contributed by atoms with van der Waals surface area (Å²) >= 11 is 0. The van der Waals surface area contributed by atoms with E-state index in [0.29, 0.717) is 6.54 Å². The van der Waals surface area contributed by atoms with Gasteiger partial charge in [0.1, 0.15) is 18.2 Å². The van der Waals surface area contributed by atoms with Gasteiger partial charge in [-0.15, -0.1) is 0 Å². The van der Waals surface area contributed by atoms with Gasteiger partial charge in [0.05, 0.1) is 17.1 Å². The van der Waals surface area contributed by atoms with Crippen LogP contribution in [0.3, 0.4) is 0 Å². The van der Waals surface area contributed by atoms with Crippen molar-refractivity contribution in [2.45, 2.75) is 45.7 Å². The molecular weight excluding hydrogens is 314 g/mol. The zero-order valence-electron chi connectivity index (χ0n) is 14.7. The first-order chi connectivity index (χ1) is 12.2. The number of hydrogen-bond donors (Lipinski definition) is 1. The van der Waals surface area contributed by atoms with E-state index in [2.05, 4.69) is 35.9 Å². The second kappa shape index (κ2) is 6.35. The van der Waals surface area contributed by atoms with E-state index in [1.807, 2.05) is 21.7 Å². The number of carbonyl (C=O) groups is 1. The van der Waals surface area contributed by atoms with E-state index in [1.54, 1.807) is 6.20 Å². The highest BCUT2D eigenvalue weighted by atomic mass is 16.2. The summed E-state index contributed by atoms with van der Waals surface area (Å²) in [5.41, 5.74) is 3.20. The molecule has 1 aliphatic rings. The average molecular weight is 337 g/mol. The number of aryl methyl sites for hydroxylation is 2. The number of rotatable bonds is 4. The normalized spacial score (nSPS) is 17.5. The van der Waals surface area contributed by atoms with Gasteiger partial charge in [0.25, 0.3) is 0 Å². The molecule has 1 saturated heterocycles. The molecule has 25 heavy (non-hydrogen) atoms. The van der Waals surface area contributed by atoms with E-state index >= 15 is 0 Å². The van der Waals surface area contributed by atoms with Gasteiger partial charge in [-0.3, -0.25) is 4.79 Å². The molecular formula is C19H23N5O. The number of amides is 1. The van der Waals surface area contributed by atoms with Crippen molar-refractivity contribution >= 4 is 16.9 Å². The molecule has 1 aliphatic heterocycles. The van der Waals surface area contributed by atoms with E-state index < -0.39 is 0 Å². The van der Waals surface area contributed by atoms with Crippen LogP contribution >= 0.6 is 0 Å². The first-order valence-electron chi connectivity index (χ1n) is 8.91. The predicted octanol–water partition coefficient (Wildman–Crippen LogP) is 2.99. The van der Waals surface area contributed by atoms with Crippen LogP contribution in [-0.4, -0.2) is 36.9 Å². The second-order valence-electron chi connectivity index (χ2n) is 6.71. The molecule has 6 nitrogen and oxygen atoms in total. The van der Waals surface area contributed by atoms with E-state index in [9.17, 15) is 4.79 Å². The fourth-order valence-corrected chi connectivity index (χ4v) is 3.69. The molecule has 4 rings (SSSR count). The summed E-state index contributed by atoms with van der Waals surface area (Å²) in [5.74, 6) is 1.97. The first-order valence-corrected chi connectivity index (χ1v) is 8.91. The number of benzene rings is 1. The summed E-state index contributed by atoms with van der Waals surface area (Å²) in [4.78, 5) is 27.3. The molecule has 1 atom stereocenters. The number of imidazole rings is 2. The van der Waals surface area contributed by atoms with Crippen LogP contribution in [0.15, 0.2) is 30.6 Å². The smallest absolute Gasteiger partial charge is 0.243 e. The number of aromatic nitrogens is 4. The van der Waals surface area contributed by atoms with Gasteiger partial charge in [-0.05, 0) is 37.5 Å². The van der Waals surface area contributed by atoms with E-state index in [1.165, 1.54) is 5.56 Å². The Bertz CT molecular complexity index is 910. The van der Waals surface area contributed by atoms with Crippen LogP contribution in [0.1, 0.15) is 43.0 Å². The molecule has 1 fully saturated rings. The molecule has 0 saturated carbocycles. The van der Waals surface area contributed by atoms with Gasteiger partial charge < -0.3 is 14.5 Å². The van der Waals surface area contributed by atoms with Crippen molar-refractivity contribution in [3.63, 3.8) is 0 Å². The highest BCUT2D eigenvalue weighted by molar-refractivity contribution is 5.78. The summed E-state index contributed by atoms with van der Waals surface area (Å²) in [6.45, 7) is 5.26. The lowest BCUT2D eigenvalue weighted by molar-refractivity contribution is -0.132. The molecule has 0 radical (unpaired) electrons. The van der Waals surface area contributed by atoms with Crippen molar-refractivity contribution in [1.82, 2.24) is 24.4 Å². The summed E-state index contributed by atoms with van der Waals surface area (Å²) in [5, 5.41) is 0. The predicted molar refractivity (Wildman–Crippen MR) is 96.1 cm³/mol. The van der Waals surface area contributed by atoms with Crippen molar-refractivity contribution in [3.8, 4) is 0 Å². The summed E-state index contributed by atoms with van der Waals surface area (Å²) < 4.78 is 1.94. The number of aromatic amines is 1. The van der Waals surface area contributed by atoms with E-state index in [-0.39, 0.29) is 11.9 Å². The van der Waals surface area contributed by atoms with Crippen molar-refractivity contribution in [1.29, 1.82) is 0 Å². The maximum atomic E-state index is 12.9. The second-order valence-corrected chi connectivity index (χ2v) is 6.71. The maximum Gasteiger partial charge on any atom is 0.243 e. The van der Waals surface area contributed by atoms with E-state index in [0.717, 1.165) is 48.5 Å². The zero-order valence-corrected chi connectivity index (χ0v) is 14.7. The molecule has 2 aromatic heterocycles. The summed E-state index contributed by atoms with van der Waals surface area (Å²) in [6, 6.07) is 6.24.